The Morgan fingerprint density at radius 1 is 1.25 bits per heavy atom. The Bertz CT molecular complexity index is 494. The van der Waals surface area contributed by atoms with Crippen molar-refractivity contribution in [3.05, 3.63) is 41.7 Å². The average Bonchev–Trinajstić information content (AvgIpc) is 2.70. The highest BCUT2D eigenvalue weighted by molar-refractivity contribution is 5.85. The second-order valence-corrected chi connectivity index (χ2v) is 3.49. The predicted octanol–water partition coefficient (Wildman–Crippen LogP) is 3.08. The minimum absolute atomic E-state index is 0.572. The standard InChI is InChI=1S/C13H12O3/c1-9-7-11(8-14)13(16-9)10-3-5-12(15-2)6-4-10/h3-8H,1-2H3. The summed E-state index contributed by atoms with van der Waals surface area (Å²) in [7, 11) is 1.61. The third kappa shape index (κ3) is 1.84. The van der Waals surface area contributed by atoms with Crippen LogP contribution in [0.1, 0.15) is 16.1 Å². The van der Waals surface area contributed by atoms with Crippen LogP contribution in [0.25, 0.3) is 11.3 Å². The van der Waals surface area contributed by atoms with E-state index in [1.54, 1.807) is 13.2 Å². The van der Waals surface area contributed by atoms with E-state index in [1.807, 2.05) is 31.2 Å². The van der Waals surface area contributed by atoms with Gasteiger partial charge in [-0.25, -0.2) is 0 Å². The summed E-state index contributed by atoms with van der Waals surface area (Å²) in [4.78, 5) is 10.9. The van der Waals surface area contributed by atoms with Crippen molar-refractivity contribution in [1.82, 2.24) is 0 Å². The summed E-state index contributed by atoms with van der Waals surface area (Å²) >= 11 is 0. The number of aryl methyl sites for hydroxylation is 1. The molecular weight excluding hydrogens is 204 g/mol. The first-order chi connectivity index (χ1) is 7.74. The van der Waals surface area contributed by atoms with Crippen molar-refractivity contribution in [1.29, 1.82) is 0 Å². The van der Waals surface area contributed by atoms with Crippen molar-refractivity contribution in [2.45, 2.75) is 6.92 Å². The Kier molecular flexibility index (Phi) is 2.77. The van der Waals surface area contributed by atoms with Crippen molar-refractivity contribution in [3.8, 4) is 17.1 Å². The van der Waals surface area contributed by atoms with Crippen molar-refractivity contribution >= 4 is 6.29 Å². The number of benzene rings is 1. The lowest BCUT2D eigenvalue weighted by Gasteiger charge is -2.01. The zero-order valence-electron chi connectivity index (χ0n) is 9.19. The highest BCUT2D eigenvalue weighted by Crippen LogP contribution is 2.27. The average molecular weight is 216 g/mol. The minimum Gasteiger partial charge on any atom is -0.497 e. The molecule has 0 saturated heterocycles. The largest absolute Gasteiger partial charge is 0.497 e. The highest BCUT2D eigenvalue weighted by Gasteiger charge is 2.10. The molecule has 0 aliphatic rings. The third-order valence-electron chi connectivity index (χ3n) is 2.36. The molecule has 1 aromatic heterocycles. The lowest BCUT2D eigenvalue weighted by Crippen LogP contribution is -1.84. The Morgan fingerprint density at radius 3 is 2.50 bits per heavy atom. The summed E-state index contributed by atoms with van der Waals surface area (Å²) < 4.78 is 10.6. The van der Waals surface area contributed by atoms with Crippen LogP contribution < -0.4 is 4.74 Å². The van der Waals surface area contributed by atoms with Crippen molar-refractivity contribution in [3.63, 3.8) is 0 Å². The zero-order chi connectivity index (χ0) is 11.5. The van der Waals surface area contributed by atoms with Gasteiger partial charge in [0.2, 0.25) is 0 Å². The van der Waals surface area contributed by atoms with Crippen LogP contribution in [-0.4, -0.2) is 13.4 Å². The second-order valence-electron chi connectivity index (χ2n) is 3.49. The summed E-state index contributed by atoms with van der Waals surface area (Å²) in [5.41, 5.74) is 1.44. The molecule has 82 valence electrons. The normalized spacial score (nSPS) is 10.1. The molecule has 0 atom stereocenters. The van der Waals surface area contributed by atoms with Gasteiger partial charge < -0.3 is 9.15 Å². The van der Waals surface area contributed by atoms with Crippen LogP contribution in [0.4, 0.5) is 0 Å². The van der Waals surface area contributed by atoms with Gasteiger partial charge in [-0.2, -0.15) is 0 Å². The van der Waals surface area contributed by atoms with E-state index in [2.05, 4.69) is 0 Å². The number of hydrogen-bond acceptors (Lipinski definition) is 3. The number of aldehydes is 1. The van der Waals surface area contributed by atoms with E-state index in [4.69, 9.17) is 9.15 Å². The van der Waals surface area contributed by atoms with Crippen molar-refractivity contribution in [2.24, 2.45) is 0 Å². The van der Waals surface area contributed by atoms with Gasteiger partial charge in [0, 0.05) is 5.56 Å². The van der Waals surface area contributed by atoms with Crippen LogP contribution in [0.3, 0.4) is 0 Å². The Balaban J connectivity index is 2.45. The molecule has 0 aliphatic heterocycles. The molecule has 0 saturated carbocycles. The SMILES string of the molecule is COc1ccc(-c2oc(C)cc2C=O)cc1. The number of furan rings is 1. The van der Waals surface area contributed by atoms with Crippen LogP contribution in [-0.2, 0) is 0 Å². The molecule has 2 aromatic rings. The molecule has 0 fully saturated rings. The fourth-order valence-corrected chi connectivity index (χ4v) is 1.59. The molecule has 0 N–H and O–H groups in total. The van der Waals surface area contributed by atoms with Gasteiger partial charge >= 0.3 is 0 Å². The number of carbonyl (C=O) groups excluding carboxylic acids is 1. The molecular formula is C13H12O3. The van der Waals surface area contributed by atoms with Gasteiger partial charge in [-0.05, 0) is 37.3 Å². The number of carbonyl (C=O) groups is 1. The lowest BCUT2D eigenvalue weighted by atomic mass is 10.1. The van der Waals surface area contributed by atoms with Gasteiger partial charge in [0.05, 0.1) is 12.7 Å². The van der Waals surface area contributed by atoms with E-state index in [-0.39, 0.29) is 0 Å². The molecule has 0 unspecified atom stereocenters. The summed E-state index contributed by atoms with van der Waals surface area (Å²) in [5.74, 6) is 2.11. The summed E-state index contributed by atoms with van der Waals surface area (Å²) in [6, 6.07) is 9.13. The van der Waals surface area contributed by atoms with Gasteiger partial charge in [0.25, 0.3) is 0 Å². The van der Waals surface area contributed by atoms with Gasteiger partial charge in [-0.15, -0.1) is 0 Å². The summed E-state index contributed by atoms with van der Waals surface area (Å²) in [6.07, 6.45) is 0.802. The van der Waals surface area contributed by atoms with E-state index in [1.165, 1.54) is 0 Å². The smallest absolute Gasteiger partial charge is 0.153 e. The van der Waals surface area contributed by atoms with Gasteiger partial charge in [0.1, 0.15) is 17.3 Å². The highest BCUT2D eigenvalue weighted by atomic mass is 16.5. The predicted molar refractivity (Wildman–Crippen MR) is 60.8 cm³/mol. The fourth-order valence-electron chi connectivity index (χ4n) is 1.59. The minimum atomic E-state index is 0.572. The molecule has 0 spiro atoms. The topological polar surface area (TPSA) is 39.4 Å². The summed E-state index contributed by atoms with van der Waals surface area (Å²) in [5, 5.41) is 0. The van der Waals surface area contributed by atoms with Crippen molar-refractivity contribution < 1.29 is 13.9 Å². The molecule has 16 heavy (non-hydrogen) atoms. The molecule has 0 aliphatic carbocycles. The Hall–Kier alpha value is -2.03. The van der Waals surface area contributed by atoms with Crippen LogP contribution in [0, 0.1) is 6.92 Å². The number of methoxy groups -OCH3 is 1. The van der Waals surface area contributed by atoms with Crippen LogP contribution in [0.2, 0.25) is 0 Å². The van der Waals surface area contributed by atoms with E-state index < -0.39 is 0 Å². The number of ether oxygens (including phenoxy) is 1. The molecule has 1 heterocycles. The number of rotatable bonds is 3. The Labute approximate surface area is 93.7 Å². The molecule has 3 heteroatoms. The van der Waals surface area contributed by atoms with Gasteiger partial charge in [0.15, 0.2) is 6.29 Å². The van der Waals surface area contributed by atoms with E-state index in [9.17, 15) is 4.79 Å². The fraction of sp³-hybridized carbons (Fsp3) is 0.154. The maximum absolute atomic E-state index is 10.9. The van der Waals surface area contributed by atoms with Gasteiger partial charge in [-0.3, -0.25) is 4.79 Å². The first-order valence-electron chi connectivity index (χ1n) is 4.94. The first-order valence-corrected chi connectivity index (χ1v) is 4.94. The lowest BCUT2D eigenvalue weighted by molar-refractivity contribution is 0.112. The molecule has 0 bridgehead atoms. The molecule has 2 rings (SSSR count). The van der Waals surface area contributed by atoms with Gasteiger partial charge in [-0.1, -0.05) is 0 Å². The van der Waals surface area contributed by atoms with Crippen molar-refractivity contribution in [2.75, 3.05) is 7.11 Å². The van der Waals surface area contributed by atoms with E-state index >= 15 is 0 Å². The quantitative estimate of drug-likeness (QED) is 0.740. The molecule has 0 amide bonds. The molecule has 1 aromatic carbocycles. The van der Waals surface area contributed by atoms with E-state index in [0.29, 0.717) is 11.3 Å². The zero-order valence-corrected chi connectivity index (χ0v) is 9.19. The van der Waals surface area contributed by atoms with Crippen LogP contribution in [0.15, 0.2) is 34.7 Å². The second kappa shape index (κ2) is 4.23. The maximum Gasteiger partial charge on any atom is 0.153 e. The molecule has 3 nitrogen and oxygen atoms in total. The third-order valence-corrected chi connectivity index (χ3v) is 2.36. The van der Waals surface area contributed by atoms with E-state index in [0.717, 1.165) is 23.4 Å². The Morgan fingerprint density at radius 2 is 1.94 bits per heavy atom. The number of hydrogen-bond donors (Lipinski definition) is 0. The molecule has 0 radical (unpaired) electrons. The maximum atomic E-state index is 10.9. The van der Waals surface area contributed by atoms with Crippen LogP contribution in [0.5, 0.6) is 5.75 Å². The summed E-state index contributed by atoms with van der Waals surface area (Å²) in [6.45, 7) is 1.82. The first kappa shape index (κ1) is 10.5. The van der Waals surface area contributed by atoms with Crippen LogP contribution >= 0.6 is 0 Å². The monoisotopic (exact) mass is 216 g/mol.